The quantitative estimate of drug-likeness (QED) is 0.585. The Morgan fingerprint density at radius 3 is 2.67 bits per heavy atom. The standard InChI is InChI=1S/C22H19N3O5/c1-28-17-8-6-15(7-9-17)18-12-19(20-5-3-11-29-20)25(24-18)21(26)14-30-22(27)16-4-2-10-23-13-16/h2-11,13,19H,12,14H2,1H3/t19-/m1/s1. The molecule has 3 heterocycles. The minimum absolute atomic E-state index is 0.275. The number of aromatic nitrogens is 1. The number of carbonyl (C=O) groups excluding carboxylic acids is 2. The lowest BCUT2D eigenvalue weighted by atomic mass is 10.0. The van der Waals surface area contributed by atoms with Crippen LogP contribution in [0.3, 0.4) is 0 Å². The van der Waals surface area contributed by atoms with Crippen LogP contribution in [0.1, 0.15) is 34.1 Å². The number of amides is 1. The van der Waals surface area contributed by atoms with Crippen molar-refractivity contribution in [2.24, 2.45) is 5.10 Å². The van der Waals surface area contributed by atoms with Gasteiger partial charge in [0, 0.05) is 18.8 Å². The van der Waals surface area contributed by atoms with Gasteiger partial charge in [-0.2, -0.15) is 5.10 Å². The molecule has 0 saturated heterocycles. The van der Waals surface area contributed by atoms with Crippen molar-refractivity contribution in [2.75, 3.05) is 13.7 Å². The maximum atomic E-state index is 12.8. The molecule has 152 valence electrons. The largest absolute Gasteiger partial charge is 0.497 e. The van der Waals surface area contributed by atoms with E-state index in [-0.39, 0.29) is 5.56 Å². The van der Waals surface area contributed by atoms with Crippen LogP contribution in [-0.2, 0) is 9.53 Å². The highest BCUT2D eigenvalue weighted by Crippen LogP contribution is 2.33. The predicted molar refractivity (Wildman–Crippen MR) is 107 cm³/mol. The minimum Gasteiger partial charge on any atom is -0.497 e. The number of hydrogen-bond acceptors (Lipinski definition) is 7. The lowest BCUT2D eigenvalue weighted by Gasteiger charge is -2.19. The van der Waals surface area contributed by atoms with E-state index >= 15 is 0 Å². The number of methoxy groups -OCH3 is 1. The number of pyridine rings is 1. The molecular formula is C22H19N3O5. The third-order valence-corrected chi connectivity index (χ3v) is 4.68. The van der Waals surface area contributed by atoms with Gasteiger partial charge >= 0.3 is 5.97 Å². The topological polar surface area (TPSA) is 94.2 Å². The maximum Gasteiger partial charge on any atom is 0.340 e. The Morgan fingerprint density at radius 2 is 2.00 bits per heavy atom. The van der Waals surface area contributed by atoms with Gasteiger partial charge < -0.3 is 13.9 Å². The first-order valence-electron chi connectivity index (χ1n) is 9.30. The molecule has 1 atom stereocenters. The summed E-state index contributed by atoms with van der Waals surface area (Å²) in [5, 5.41) is 5.81. The Hall–Kier alpha value is -3.94. The molecule has 0 saturated carbocycles. The van der Waals surface area contributed by atoms with Gasteiger partial charge in [-0.3, -0.25) is 9.78 Å². The number of carbonyl (C=O) groups is 2. The first kappa shape index (κ1) is 19.4. The molecule has 0 spiro atoms. The highest BCUT2D eigenvalue weighted by molar-refractivity contribution is 6.03. The minimum atomic E-state index is -0.621. The van der Waals surface area contributed by atoms with Gasteiger partial charge in [0.15, 0.2) is 6.61 Å². The summed E-state index contributed by atoms with van der Waals surface area (Å²) in [6, 6.07) is 13.8. The molecule has 1 aliphatic heterocycles. The first-order valence-corrected chi connectivity index (χ1v) is 9.30. The maximum absolute atomic E-state index is 12.8. The average molecular weight is 405 g/mol. The van der Waals surface area contributed by atoms with Gasteiger partial charge in [-0.05, 0) is 54.1 Å². The molecular weight excluding hydrogens is 386 g/mol. The Morgan fingerprint density at radius 1 is 1.17 bits per heavy atom. The molecule has 0 bridgehead atoms. The van der Waals surface area contributed by atoms with Crippen LogP contribution in [0.2, 0.25) is 0 Å². The zero-order valence-electron chi connectivity index (χ0n) is 16.2. The summed E-state index contributed by atoms with van der Waals surface area (Å²) in [5.41, 5.74) is 1.87. The number of rotatable bonds is 6. The third-order valence-electron chi connectivity index (χ3n) is 4.68. The van der Waals surface area contributed by atoms with E-state index in [2.05, 4.69) is 10.1 Å². The van der Waals surface area contributed by atoms with E-state index in [1.54, 1.807) is 43.8 Å². The second-order valence-corrected chi connectivity index (χ2v) is 6.57. The third kappa shape index (κ3) is 4.07. The highest BCUT2D eigenvalue weighted by Gasteiger charge is 2.35. The van der Waals surface area contributed by atoms with Crippen molar-refractivity contribution < 1.29 is 23.5 Å². The van der Waals surface area contributed by atoms with Crippen LogP contribution in [-0.4, -0.2) is 41.3 Å². The second-order valence-electron chi connectivity index (χ2n) is 6.57. The SMILES string of the molecule is COc1ccc(C2=NN(C(=O)COC(=O)c3cccnc3)[C@@H](c3ccco3)C2)cc1. The van der Waals surface area contributed by atoms with E-state index < -0.39 is 24.5 Å². The van der Waals surface area contributed by atoms with E-state index in [9.17, 15) is 9.59 Å². The van der Waals surface area contributed by atoms with Crippen molar-refractivity contribution in [1.29, 1.82) is 0 Å². The number of hydrogen-bond donors (Lipinski definition) is 0. The molecule has 30 heavy (non-hydrogen) atoms. The van der Waals surface area contributed by atoms with Crippen molar-refractivity contribution in [1.82, 2.24) is 9.99 Å². The molecule has 0 N–H and O–H groups in total. The van der Waals surface area contributed by atoms with E-state index in [1.807, 2.05) is 24.3 Å². The van der Waals surface area contributed by atoms with Crippen LogP contribution >= 0.6 is 0 Å². The summed E-state index contributed by atoms with van der Waals surface area (Å²) in [4.78, 5) is 28.8. The van der Waals surface area contributed by atoms with E-state index in [4.69, 9.17) is 13.9 Å². The summed E-state index contributed by atoms with van der Waals surface area (Å²) < 4.78 is 15.9. The van der Waals surface area contributed by atoms with Crippen LogP contribution in [0.4, 0.5) is 0 Å². The summed E-state index contributed by atoms with van der Waals surface area (Å²) in [6.45, 7) is -0.440. The fourth-order valence-corrected chi connectivity index (χ4v) is 3.16. The van der Waals surface area contributed by atoms with Crippen LogP contribution in [0.5, 0.6) is 5.75 Å². The van der Waals surface area contributed by atoms with Crippen LogP contribution < -0.4 is 4.74 Å². The fourth-order valence-electron chi connectivity index (χ4n) is 3.16. The lowest BCUT2D eigenvalue weighted by Crippen LogP contribution is -2.31. The summed E-state index contributed by atoms with van der Waals surface area (Å²) >= 11 is 0. The van der Waals surface area contributed by atoms with Gasteiger partial charge in [0.25, 0.3) is 5.91 Å². The molecule has 0 radical (unpaired) electrons. The molecule has 1 aromatic carbocycles. The van der Waals surface area contributed by atoms with E-state index in [0.29, 0.717) is 12.2 Å². The van der Waals surface area contributed by atoms with Crippen molar-refractivity contribution in [2.45, 2.75) is 12.5 Å². The summed E-state index contributed by atoms with van der Waals surface area (Å²) in [6.07, 6.45) is 4.96. The summed E-state index contributed by atoms with van der Waals surface area (Å²) in [5.74, 6) is 0.270. The first-order chi connectivity index (χ1) is 14.7. The molecule has 0 aliphatic carbocycles. The normalized spacial score (nSPS) is 15.6. The lowest BCUT2D eigenvalue weighted by molar-refractivity contribution is -0.136. The number of benzene rings is 1. The number of hydrazone groups is 1. The molecule has 8 nitrogen and oxygen atoms in total. The van der Waals surface area contributed by atoms with Crippen LogP contribution in [0, 0.1) is 0 Å². The molecule has 2 aromatic heterocycles. The smallest absolute Gasteiger partial charge is 0.340 e. The second kappa shape index (κ2) is 8.60. The Balaban J connectivity index is 1.51. The number of nitrogens with zero attached hydrogens (tertiary/aromatic N) is 3. The van der Waals surface area contributed by atoms with Crippen LogP contribution in [0.15, 0.2) is 76.7 Å². The number of furan rings is 1. The molecule has 3 aromatic rings. The molecule has 1 aliphatic rings. The number of ether oxygens (including phenoxy) is 2. The van der Waals surface area contributed by atoms with Gasteiger partial charge in [-0.25, -0.2) is 9.80 Å². The number of esters is 1. The van der Waals surface area contributed by atoms with Gasteiger partial charge in [0.05, 0.1) is 24.6 Å². The molecule has 4 rings (SSSR count). The van der Waals surface area contributed by atoms with Gasteiger partial charge in [-0.1, -0.05) is 0 Å². The van der Waals surface area contributed by atoms with Crippen molar-refractivity contribution in [3.05, 3.63) is 84.1 Å². The Kier molecular flexibility index (Phi) is 5.56. The highest BCUT2D eigenvalue weighted by atomic mass is 16.5. The van der Waals surface area contributed by atoms with Crippen LogP contribution in [0.25, 0.3) is 0 Å². The summed E-state index contributed by atoms with van der Waals surface area (Å²) in [7, 11) is 1.60. The predicted octanol–water partition coefficient (Wildman–Crippen LogP) is 3.22. The average Bonchev–Trinajstić information content (AvgIpc) is 3.48. The van der Waals surface area contributed by atoms with Gasteiger partial charge in [0.2, 0.25) is 0 Å². The van der Waals surface area contributed by atoms with Crippen molar-refractivity contribution in [3.63, 3.8) is 0 Å². The Labute approximate surface area is 172 Å². The van der Waals surface area contributed by atoms with Gasteiger partial charge in [0.1, 0.15) is 17.6 Å². The van der Waals surface area contributed by atoms with Crippen molar-refractivity contribution >= 4 is 17.6 Å². The zero-order valence-corrected chi connectivity index (χ0v) is 16.2. The fraction of sp³-hybridized carbons (Fsp3) is 0.182. The molecule has 1 amide bonds. The van der Waals surface area contributed by atoms with Gasteiger partial charge in [-0.15, -0.1) is 0 Å². The van der Waals surface area contributed by atoms with E-state index in [1.165, 1.54) is 11.2 Å². The zero-order chi connectivity index (χ0) is 20.9. The van der Waals surface area contributed by atoms with Crippen molar-refractivity contribution in [3.8, 4) is 5.75 Å². The molecule has 8 heteroatoms. The molecule has 0 unspecified atom stereocenters. The molecule has 0 fully saturated rings. The van der Waals surface area contributed by atoms with E-state index in [0.717, 1.165) is 17.0 Å². The monoisotopic (exact) mass is 405 g/mol. The Bertz CT molecular complexity index is 1050.